The quantitative estimate of drug-likeness (QED) is 0.747. The third kappa shape index (κ3) is 4.33. The molecular weight excluding hydrogens is 228 g/mol. The van der Waals surface area contributed by atoms with Crippen LogP contribution in [0, 0.1) is 6.92 Å². The molecule has 0 saturated heterocycles. The van der Waals surface area contributed by atoms with Crippen molar-refractivity contribution in [3.8, 4) is 5.88 Å². The fourth-order valence-electron chi connectivity index (χ4n) is 1.08. The van der Waals surface area contributed by atoms with Crippen molar-refractivity contribution < 1.29 is 9.47 Å². The first-order valence-corrected chi connectivity index (χ1v) is 5.50. The molecule has 0 spiro atoms. The molecule has 1 aromatic rings. The second-order valence-electron chi connectivity index (χ2n) is 4.14. The Morgan fingerprint density at radius 3 is 2.62 bits per heavy atom. The summed E-state index contributed by atoms with van der Waals surface area (Å²) in [5, 5.41) is 0.397. The highest BCUT2D eigenvalue weighted by molar-refractivity contribution is 6.29. The van der Waals surface area contributed by atoms with Gasteiger partial charge in [0.25, 0.3) is 0 Å². The van der Waals surface area contributed by atoms with Gasteiger partial charge in [-0.05, 0) is 20.8 Å². The van der Waals surface area contributed by atoms with Gasteiger partial charge in [-0.2, -0.15) is 4.98 Å². The molecule has 1 rings (SSSR count). The third-order valence-corrected chi connectivity index (χ3v) is 2.48. The molecule has 16 heavy (non-hydrogen) atoms. The molecule has 0 bridgehead atoms. The van der Waals surface area contributed by atoms with Crippen molar-refractivity contribution in [1.82, 2.24) is 9.97 Å². The van der Waals surface area contributed by atoms with E-state index in [9.17, 15) is 0 Å². The summed E-state index contributed by atoms with van der Waals surface area (Å²) in [6, 6.07) is 1.61. The Balaban J connectivity index is 2.49. The van der Waals surface area contributed by atoms with E-state index in [1.807, 2.05) is 13.8 Å². The first kappa shape index (κ1) is 13.2. The maximum atomic E-state index is 5.79. The highest BCUT2D eigenvalue weighted by atomic mass is 35.5. The Hall–Kier alpha value is -0.870. The van der Waals surface area contributed by atoms with Crippen LogP contribution in [0.2, 0.25) is 5.15 Å². The first-order valence-electron chi connectivity index (χ1n) is 5.12. The van der Waals surface area contributed by atoms with Crippen molar-refractivity contribution in [2.45, 2.75) is 32.8 Å². The summed E-state index contributed by atoms with van der Waals surface area (Å²) in [6.07, 6.45) is 0.782. The van der Waals surface area contributed by atoms with Gasteiger partial charge in [-0.3, -0.25) is 0 Å². The fourth-order valence-corrected chi connectivity index (χ4v) is 1.30. The number of ether oxygens (including phenoxy) is 2. The molecule has 0 aliphatic carbocycles. The fraction of sp³-hybridized carbons (Fsp3) is 0.636. The van der Waals surface area contributed by atoms with E-state index in [0.717, 1.165) is 6.42 Å². The van der Waals surface area contributed by atoms with Crippen LogP contribution in [-0.2, 0) is 4.74 Å². The largest absolute Gasteiger partial charge is 0.477 e. The van der Waals surface area contributed by atoms with Crippen molar-refractivity contribution >= 4 is 11.6 Å². The molecule has 0 N–H and O–H groups in total. The lowest BCUT2D eigenvalue weighted by Crippen LogP contribution is -2.25. The van der Waals surface area contributed by atoms with Gasteiger partial charge in [0.15, 0.2) is 0 Å². The second kappa shape index (κ2) is 5.46. The molecule has 0 amide bonds. The SMILES string of the molecule is COC(C)(C)CCOc1cc(Cl)nc(C)n1. The monoisotopic (exact) mass is 244 g/mol. The highest BCUT2D eigenvalue weighted by Gasteiger charge is 2.16. The Morgan fingerprint density at radius 1 is 1.38 bits per heavy atom. The first-order chi connectivity index (χ1) is 7.43. The summed E-state index contributed by atoms with van der Waals surface area (Å²) < 4.78 is 10.8. The summed E-state index contributed by atoms with van der Waals surface area (Å²) in [5.74, 6) is 1.11. The van der Waals surface area contributed by atoms with E-state index in [1.54, 1.807) is 20.1 Å². The number of aromatic nitrogens is 2. The molecule has 0 aliphatic rings. The predicted molar refractivity (Wildman–Crippen MR) is 63.0 cm³/mol. The highest BCUT2D eigenvalue weighted by Crippen LogP contribution is 2.16. The van der Waals surface area contributed by atoms with Gasteiger partial charge < -0.3 is 9.47 Å². The zero-order valence-corrected chi connectivity index (χ0v) is 10.8. The Morgan fingerprint density at radius 2 is 2.06 bits per heavy atom. The van der Waals surface area contributed by atoms with Crippen molar-refractivity contribution in [3.05, 3.63) is 17.0 Å². The minimum Gasteiger partial charge on any atom is -0.477 e. The number of nitrogens with zero attached hydrogens (tertiary/aromatic N) is 2. The molecule has 0 aliphatic heterocycles. The van der Waals surface area contributed by atoms with Crippen LogP contribution in [0.1, 0.15) is 26.1 Å². The maximum Gasteiger partial charge on any atom is 0.218 e. The average molecular weight is 245 g/mol. The molecule has 0 fully saturated rings. The molecular formula is C11H17ClN2O2. The molecule has 0 saturated carbocycles. The van der Waals surface area contributed by atoms with Crippen LogP contribution in [0.3, 0.4) is 0 Å². The van der Waals surface area contributed by atoms with Crippen molar-refractivity contribution in [2.75, 3.05) is 13.7 Å². The number of methoxy groups -OCH3 is 1. The molecule has 90 valence electrons. The lowest BCUT2D eigenvalue weighted by Gasteiger charge is -2.22. The third-order valence-electron chi connectivity index (χ3n) is 2.29. The van der Waals surface area contributed by atoms with Gasteiger partial charge in [-0.15, -0.1) is 0 Å². The van der Waals surface area contributed by atoms with Gasteiger partial charge in [0.2, 0.25) is 5.88 Å². The van der Waals surface area contributed by atoms with Crippen LogP contribution >= 0.6 is 11.6 Å². The van der Waals surface area contributed by atoms with Crippen LogP contribution in [-0.4, -0.2) is 29.3 Å². The summed E-state index contributed by atoms with van der Waals surface area (Å²) in [6.45, 7) is 6.33. The average Bonchev–Trinajstić information content (AvgIpc) is 2.16. The predicted octanol–water partition coefficient (Wildman–Crippen LogP) is 2.63. The molecule has 0 atom stereocenters. The van der Waals surface area contributed by atoms with E-state index < -0.39 is 0 Å². The van der Waals surface area contributed by atoms with Gasteiger partial charge in [0, 0.05) is 19.6 Å². The van der Waals surface area contributed by atoms with Crippen molar-refractivity contribution in [3.63, 3.8) is 0 Å². The van der Waals surface area contributed by atoms with Crippen molar-refractivity contribution in [1.29, 1.82) is 0 Å². The summed E-state index contributed by atoms with van der Waals surface area (Å²) >= 11 is 5.79. The lowest BCUT2D eigenvalue weighted by molar-refractivity contribution is 0.00507. The van der Waals surface area contributed by atoms with E-state index >= 15 is 0 Å². The van der Waals surface area contributed by atoms with Crippen LogP contribution in [0.5, 0.6) is 5.88 Å². The zero-order chi connectivity index (χ0) is 12.2. The number of hydrogen-bond donors (Lipinski definition) is 0. The topological polar surface area (TPSA) is 44.2 Å². The smallest absolute Gasteiger partial charge is 0.218 e. The number of aryl methyl sites for hydroxylation is 1. The standard InChI is InChI=1S/C11H17ClN2O2/c1-8-13-9(12)7-10(14-8)16-6-5-11(2,3)15-4/h7H,5-6H2,1-4H3. The van der Waals surface area contributed by atoms with Gasteiger partial charge in [0.05, 0.1) is 12.2 Å². The second-order valence-corrected chi connectivity index (χ2v) is 4.53. The molecule has 0 radical (unpaired) electrons. The van der Waals surface area contributed by atoms with Gasteiger partial charge in [0.1, 0.15) is 11.0 Å². The minimum atomic E-state index is -0.189. The summed E-state index contributed by atoms with van der Waals surface area (Å²) in [4.78, 5) is 8.08. The molecule has 4 nitrogen and oxygen atoms in total. The van der Waals surface area contributed by atoms with Crippen molar-refractivity contribution in [2.24, 2.45) is 0 Å². The van der Waals surface area contributed by atoms with Gasteiger partial charge in [-0.1, -0.05) is 11.6 Å². The summed E-state index contributed by atoms with van der Waals surface area (Å²) in [7, 11) is 1.69. The van der Waals surface area contributed by atoms with E-state index in [1.165, 1.54) is 0 Å². The Labute approximate surface area is 101 Å². The van der Waals surface area contributed by atoms with Crippen LogP contribution in [0.15, 0.2) is 6.07 Å². The number of hydrogen-bond acceptors (Lipinski definition) is 4. The van der Waals surface area contributed by atoms with E-state index in [4.69, 9.17) is 21.1 Å². The summed E-state index contributed by atoms with van der Waals surface area (Å²) in [5.41, 5.74) is -0.189. The van der Waals surface area contributed by atoms with Crippen LogP contribution in [0.4, 0.5) is 0 Å². The van der Waals surface area contributed by atoms with Gasteiger partial charge >= 0.3 is 0 Å². The van der Waals surface area contributed by atoms with Crippen LogP contribution < -0.4 is 4.74 Å². The zero-order valence-electron chi connectivity index (χ0n) is 10.1. The molecule has 1 heterocycles. The van der Waals surface area contributed by atoms with Gasteiger partial charge in [-0.25, -0.2) is 4.98 Å². The Kier molecular flexibility index (Phi) is 4.50. The lowest BCUT2D eigenvalue weighted by atomic mass is 10.1. The van der Waals surface area contributed by atoms with E-state index in [0.29, 0.717) is 23.5 Å². The van der Waals surface area contributed by atoms with E-state index in [-0.39, 0.29) is 5.60 Å². The maximum absolute atomic E-state index is 5.79. The minimum absolute atomic E-state index is 0.189. The molecule has 5 heteroatoms. The molecule has 0 unspecified atom stereocenters. The normalized spacial score (nSPS) is 11.6. The number of halogens is 1. The number of rotatable bonds is 5. The molecule has 1 aromatic heterocycles. The molecule has 0 aromatic carbocycles. The Bertz CT molecular complexity index is 336. The van der Waals surface area contributed by atoms with E-state index in [2.05, 4.69) is 9.97 Å². The van der Waals surface area contributed by atoms with Crippen LogP contribution in [0.25, 0.3) is 0 Å².